The number of nitrogens with zero attached hydrogens (tertiary/aromatic N) is 1. The number of hydrogen-bond acceptors (Lipinski definition) is 5. The van der Waals surface area contributed by atoms with Crippen LogP contribution in [0.5, 0.6) is 0 Å². The van der Waals surface area contributed by atoms with Crippen molar-refractivity contribution in [1.82, 2.24) is 5.06 Å². The van der Waals surface area contributed by atoms with Gasteiger partial charge in [0.1, 0.15) is 0 Å². The molecule has 1 aromatic carbocycles. The van der Waals surface area contributed by atoms with Gasteiger partial charge < -0.3 is 4.74 Å². The van der Waals surface area contributed by atoms with Crippen molar-refractivity contribution >= 4 is 17.8 Å². The molecular weight excluding hydrogens is 274 g/mol. The topological polar surface area (TPSA) is 72.9 Å². The second kappa shape index (κ2) is 5.65. The van der Waals surface area contributed by atoms with Crippen molar-refractivity contribution in [3.8, 4) is 0 Å². The number of ether oxygens (including phenoxy) is 1. The van der Waals surface area contributed by atoms with Crippen LogP contribution in [0.4, 0.5) is 0 Å². The highest BCUT2D eigenvalue weighted by Gasteiger charge is 2.37. The fraction of sp³-hybridized carbons (Fsp3) is 0.400. The number of rotatable bonds is 5. The average Bonchev–Trinajstić information content (AvgIpc) is 2.71. The van der Waals surface area contributed by atoms with E-state index in [1.165, 1.54) is 7.11 Å². The van der Waals surface area contributed by atoms with Gasteiger partial charge in [-0.1, -0.05) is 12.1 Å². The number of amides is 2. The molecule has 2 rings (SSSR count). The Balaban J connectivity index is 1.99. The van der Waals surface area contributed by atoms with Crippen LogP contribution in [0.2, 0.25) is 0 Å². The van der Waals surface area contributed by atoms with Gasteiger partial charge >= 0.3 is 5.97 Å². The number of methoxy groups -OCH3 is 1. The van der Waals surface area contributed by atoms with Gasteiger partial charge in [0.15, 0.2) is 0 Å². The number of hydroxylamine groups is 2. The Morgan fingerprint density at radius 2 is 1.67 bits per heavy atom. The summed E-state index contributed by atoms with van der Waals surface area (Å²) in [6.07, 6.45) is 0.326. The molecule has 0 N–H and O–H groups in total. The van der Waals surface area contributed by atoms with E-state index in [1.807, 2.05) is 0 Å². The smallest absolute Gasteiger partial charge is 0.311 e. The summed E-state index contributed by atoms with van der Waals surface area (Å²) in [6.45, 7) is 3.49. The van der Waals surface area contributed by atoms with Crippen molar-refractivity contribution < 1.29 is 24.0 Å². The van der Waals surface area contributed by atoms with E-state index < -0.39 is 17.2 Å². The minimum atomic E-state index is -0.743. The zero-order chi connectivity index (χ0) is 15.6. The molecular formula is C15H17NO5. The molecule has 0 atom stereocenters. The fourth-order valence-corrected chi connectivity index (χ4v) is 2.05. The van der Waals surface area contributed by atoms with E-state index in [1.54, 1.807) is 38.1 Å². The molecule has 2 amide bonds. The van der Waals surface area contributed by atoms with E-state index in [2.05, 4.69) is 4.74 Å². The lowest BCUT2D eigenvalue weighted by molar-refractivity contribution is -0.154. The molecule has 0 aliphatic carbocycles. The summed E-state index contributed by atoms with van der Waals surface area (Å²) < 4.78 is 4.69. The molecule has 1 heterocycles. The van der Waals surface area contributed by atoms with Gasteiger partial charge in [0.05, 0.1) is 30.3 Å². The van der Waals surface area contributed by atoms with Gasteiger partial charge in [-0.15, -0.1) is 5.06 Å². The highest BCUT2D eigenvalue weighted by Crippen LogP contribution is 2.25. The van der Waals surface area contributed by atoms with Crippen LogP contribution in [-0.4, -0.2) is 36.6 Å². The Kier molecular flexibility index (Phi) is 4.09. The van der Waals surface area contributed by atoms with E-state index >= 15 is 0 Å². The number of carbonyl (C=O) groups excluding carboxylic acids is 3. The Morgan fingerprint density at radius 1 is 1.14 bits per heavy atom. The summed E-state index contributed by atoms with van der Waals surface area (Å²) in [7, 11) is 1.31. The maximum absolute atomic E-state index is 12.0. The Labute approximate surface area is 122 Å². The van der Waals surface area contributed by atoms with E-state index in [0.29, 0.717) is 17.5 Å². The van der Waals surface area contributed by atoms with Crippen LogP contribution in [0.3, 0.4) is 0 Å². The minimum absolute atomic E-state index is 0.0631. The van der Waals surface area contributed by atoms with Crippen LogP contribution in [0, 0.1) is 5.41 Å². The molecule has 0 spiro atoms. The van der Waals surface area contributed by atoms with E-state index in [9.17, 15) is 14.4 Å². The van der Waals surface area contributed by atoms with Crippen LogP contribution in [-0.2, 0) is 14.4 Å². The number of fused-ring (bicyclic) bond motifs is 1. The molecule has 0 radical (unpaired) electrons. The Hall–Kier alpha value is -2.21. The molecule has 0 fully saturated rings. The second-order valence-corrected chi connectivity index (χ2v) is 5.41. The molecule has 0 saturated heterocycles. The maximum atomic E-state index is 12.0. The first-order valence-electron chi connectivity index (χ1n) is 6.57. The minimum Gasteiger partial charge on any atom is -0.469 e. The van der Waals surface area contributed by atoms with Crippen LogP contribution >= 0.6 is 0 Å². The number of esters is 1. The van der Waals surface area contributed by atoms with Crippen molar-refractivity contribution in [2.75, 3.05) is 13.7 Å². The quantitative estimate of drug-likeness (QED) is 0.611. The average molecular weight is 291 g/mol. The van der Waals surface area contributed by atoms with Crippen molar-refractivity contribution in [2.24, 2.45) is 5.41 Å². The summed E-state index contributed by atoms with van der Waals surface area (Å²) in [4.78, 5) is 40.9. The second-order valence-electron chi connectivity index (χ2n) is 5.41. The van der Waals surface area contributed by atoms with Gasteiger partial charge in [0.25, 0.3) is 11.8 Å². The largest absolute Gasteiger partial charge is 0.469 e. The molecule has 112 valence electrons. The molecule has 1 aromatic rings. The third-order valence-electron chi connectivity index (χ3n) is 3.44. The molecule has 0 aromatic heterocycles. The molecule has 0 saturated carbocycles. The first kappa shape index (κ1) is 15.2. The number of carbonyl (C=O) groups is 3. The van der Waals surface area contributed by atoms with Gasteiger partial charge in [-0.05, 0) is 32.4 Å². The standard InChI is InChI=1S/C15H17NO5/c1-15(2,14(19)20-3)8-9-21-16-12(17)10-6-4-5-7-11(10)13(16)18/h4-7H,8-9H2,1-3H3. The molecule has 1 aliphatic rings. The van der Waals surface area contributed by atoms with Crippen LogP contribution in [0.1, 0.15) is 41.0 Å². The summed E-state index contributed by atoms with van der Waals surface area (Å²) >= 11 is 0. The van der Waals surface area contributed by atoms with Crippen LogP contribution in [0.25, 0.3) is 0 Å². The molecule has 6 heteroatoms. The van der Waals surface area contributed by atoms with Crippen LogP contribution < -0.4 is 0 Å². The zero-order valence-corrected chi connectivity index (χ0v) is 12.2. The summed E-state index contributed by atoms with van der Waals surface area (Å²) in [5.74, 6) is -1.33. The van der Waals surface area contributed by atoms with Crippen molar-refractivity contribution in [1.29, 1.82) is 0 Å². The number of benzene rings is 1. The third-order valence-corrected chi connectivity index (χ3v) is 3.44. The van der Waals surface area contributed by atoms with Gasteiger partial charge in [-0.25, -0.2) is 0 Å². The van der Waals surface area contributed by atoms with Crippen molar-refractivity contribution in [2.45, 2.75) is 20.3 Å². The summed E-state index contributed by atoms with van der Waals surface area (Å²) in [5.41, 5.74) is -0.0857. The van der Waals surface area contributed by atoms with Crippen LogP contribution in [0.15, 0.2) is 24.3 Å². The van der Waals surface area contributed by atoms with Gasteiger partial charge in [-0.2, -0.15) is 0 Å². The molecule has 21 heavy (non-hydrogen) atoms. The SMILES string of the molecule is COC(=O)C(C)(C)CCON1C(=O)c2ccccc2C1=O. The Morgan fingerprint density at radius 3 is 2.14 bits per heavy atom. The molecule has 6 nitrogen and oxygen atoms in total. The van der Waals surface area contributed by atoms with Gasteiger partial charge in [0.2, 0.25) is 0 Å². The lowest BCUT2D eigenvalue weighted by atomic mass is 9.90. The highest BCUT2D eigenvalue weighted by atomic mass is 16.7. The monoisotopic (exact) mass is 291 g/mol. The molecule has 1 aliphatic heterocycles. The third kappa shape index (κ3) is 2.80. The lowest BCUT2D eigenvalue weighted by Crippen LogP contribution is -2.33. The highest BCUT2D eigenvalue weighted by molar-refractivity contribution is 6.20. The lowest BCUT2D eigenvalue weighted by Gasteiger charge is -2.22. The normalized spacial score (nSPS) is 14.3. The van der Waals surface area contributed by atoms with Gasteiger partial charge in [-0.3, -0.25) is 19.2 Å². The summed E-state index contributed by atoms with van der Waals surface area (Å²) in [6, 6.07) is 6.54. The number of hydrogen-bond donors (Lipinski definition) is 0. The maximum Gasteiger partial charge on any atom is 0.311 e. The first-order chi connectivity index (χ1) is 9.88. The van der Waals surface area contributed by atoms with Crippen molar-refractivity contribution in [3.63, 3.8) is 0 Å². The zero-order valence-electron chi connectivity index (χ0n) is 12.2. The first-order valence-corrected chi connectivity index (χ1v) is 6.57. The predicted molar refractivity (Wildman–Crippen MR) is 73.3 cm³/mol. The molecule has 0 bridgehead atoms. The summed E-state index contributed by atoms with van der Waals surface area (Å²) in [5, 5.41) is 0.748. The van der Waals surface area contributed by atoms with Crippen molar-refractivity contribution in [3.05, 3.63) is 35.4 Å². The van der Waals surface area contributed by atoms with E-state index in [4.69, 9.17) is 4.84 Å². The number of imide groups is 1. The Bertz CT molecular complexity index is 558. The van der Waals surface area contributed by atoms with E-state index in [-0.39, 0.29) is 12.6 Å². The van der Waals surface area contributed by atoms with Gasteiger partial charge in [0, 0.05) is 0 Å². The fourth-order valence-electron chi connectivity index (χ4n) is 2.05. The van der Waals surface area contributed by atoms with E-state index in [0.717, 1.165) is 5.06 Å². The molecule has 0 unspecified atom stereocenters. The predicted octanol–water partition coefficient (Wildman–Crippen LogP) is 1.80.